The molecule has 4 nitrogen and oxygen atoms in total. The monoisotopic (exact) mass is 322 g/mol. The number of nitrogens with one attached hydrogen (secondary N) is 1. The van der Waals surface area contributed by atoms with Gasteiger partial charge in [0.1, 0.15) is 0 Å². The van der Waals surface area contributed by atoms with Gasteiger partial charge >= 0.3 is 0 Å². The van der Waals surface area contributed by atoms with Gasteiger partial charge in [0.2, 0.25) is 11.8 Å². The summed E-state index contributed by atoms with van der Waals surface area (Å²) in [4.78, 5) is 26.6. The van der Waals surface area contributed by atoms with Crippen molar-refractivity contribution in [2.24, 2.45) is 5.92 Å². The van der Waals surface area contributed by atoms with Crippen molar-refractivity contribution >= 4 is 23.2 Å². The third kappa shape index (κ3) is 3.18. The Bertz CT molecular complexity index is 798. The van der Waals surface area contributed by atoms with E-state index < -0.39 is 0 Å². The number of rotatable bonds is 3. The average Bonchev–Trinajstić information content (AvgIpc) is 2.92. The molecule has 0 aromatic heterocycles. The molecule has 24 heavy (non-hydrogen) atoms. The molecule has 1 aliphatic heterocycles. The Hall–Kier alpha value is -2.62. The fourth-order valence-electron chi connectivity index (χ4n) is 3.17. The second kappa shape index (κ2) is 6.48. The summed E-state index contributed by atoms with van der Waals surface area (Å²) < 4.78 is 0. The Morgan fingerprint density at radius 2 is 1.83 bits per heavy atom. The molecule has 0 bridgehead atoms. The second-order valence-corrected chi connectivity index (χ2v) is 6.50. The Labute approximate surface area is 142 Å². The molecule has 3 rings (SSSR count). The van der Waals surface area contributed by atoms with E-state index in [4.69, 9.17) is 0 Å². The van der Waals surface area contributed by atoms with Crippen molar-refractivity contribution < 1.29 is 9.59 Å². The zero-order valence-electron chi connectivity index (χ0n) is 14.3. The summed E-state index contributed by atoms with van der Waals surface area (Å²) in [6, 6.07) is 13.7. The highest BCUT2D eigenvalue weighted by Gasteiger charge is 2.35. The number of anilines is 2. The third-order valence-corrected chi connectivity index (χ3v) is 4.54. The first-order valence-corrected chi connectivity index (χ1v) is 8.20. The number of hydrogen-bond donors (Lipinski definition) is 1. The molecule has 2 aromatic carbocycles. The van der Waals surface area contributed by atoms with Gasteiger partial charge in [-0.05, 0) is 44.0 Å². The lowest BCUT2D eigenvalue weighted by Gasteiger charge is -2.19. The Balaban J connectivity index is 1.73. The normalized spacial score (nSPS) is 17.2. The van der Waals surface area contributed by atoms with E-state index in [1.807, 2.05) is 63.2 Å². The summed E-state index contributed by atoms with van der Waals surface area (Å²) in [6.45, 7) is 6.41. The van der Waals surface area contributed by atoms with Crippen LogP contribution >= 0.6 is 0 Å². The van der Waals surface area contributed by atoms with E-state index in [9.17, 15) is 9.59 Å². The summed E-state index contributed by atoms with van der Waals surface area (Å²) in [5, 5.41) is 2.97. The molecule has 1 fully saturated rings. The first-order chi connectivity index (χ1) is 11.5. The van der Waals surface area contributed by atoms with Gasteiger partial charge in [-0.2, -0.15) is 0 Å². The molecule has 0 spiro atoms. The lowest BCUT2D eigenvalue weighted by atomic mass is 10.1. The number of carbonyl (C=O) groups is 2. The maximum atomic E-state index is 12.6. The highest BCUT2D eigenvalue weighted by atomic mass is 16.2. The lowest BCUT2D eigenvalue weighted by Crippen LogP contribution is -2.28. The van der Waals surface area contributed by atoms with Gasteiger partial charge in [0.25, 0.3) is 0 Å². The van der Waals surface area contributed by atoms with Crippen LogP contribution in [-0.2, 0) is 9.59 Å². The topological polar surface area (TPSA) is 49.4 Å². The Morgan fingerprint density at radius 1 is 1.08 bits per heavy atom. The minimum absolute atomic E-state index is 0.00470. The van der Waals surface area contributed by atoms with E-state index in [1.165, 1.54) is 0 Å². The van der Waals surface area contributed by atoms with Gasteiger partial charge in [-0.25, -0.2) is 0 Å². The standard InChI is InChI=1S/C20H22N2O2/c1-13-8-9-17(15(3)10-13)21-20(24)16-11-19(23)22(12-16)18-7-5-4-6-14(18)2/h4-10,16H,11-12H2,1-3H3,(H,21,24)/t16-/m0/s1. The van der Waals surface area contributed by atoms with E-state index >= 15 is 0 Å². The van der Waals surface area contributed by atoms with Crippen LogP contribution in [0.25, 0.3) is 0 Å². The Morgan fingerprint density at radius 3 is 2.54 bits per heavy atom. The fraction of sp³-hybridized carbons (Fsp3) is 0.300. The lowest BCUT2D eigenvalue weighted by molar-refractivity contribution is -0.122. The van der Waals surface area contributed by atoms with Crippen molar-refractivity contribution in [3.8, 4) is 0 Å². The molecule has 1 aliphatic rings. The van der Waals surface area contributed by atoms with Gasteiger partial charge in [-0.15, -0.1) is 0 Å². The predicted molar refractivity (Wildman–Crippen MR) is 96.2 cm³/mol. The van der Waals surface area contributed by atoms with Crippen LogP contribution in [0.1, 0.15) is 23.1 Å². The first-order valence-electron chi connectivity index (χ1n) is 8.20. The zero-order chi connectivity index (χ0) is 17.3. The van der Waals surface area contributed by atoms with Gasteiger partial charge in [0, 0.05) is 24.3 Å². The Kier molecular flexibility index (Phi) is 4.38. The van der Waals surface area contributed by atoms with Crippen LogP contribution in [0.3, 0.4) is 0 Å². The maximum absolute atomic E-state index is 12.6. The molecular weight excluding hydrogens is 300 g/mol. The molecule has 1 atom stereocenters. The van der Waals surface area contributed by atoms with Gasteiger partial charge in [-0.3, -0.25) is 9.59 Å². The fourth-order valence-corrected chi connectivity index (χ4v) is 3.17. The van der Waals surface area contributed by atoms with E-state index in [0.29, 0.717) is 6.54 Å². The zero-order valence-corrected chi connectivity index (χ0v) is 14.3. The van der Waals surface area contributed by atoms with Crippen LogP contribution in [0.5, 0.6) is 0 Å². The molecule has 1 heterocycles. The summed E-state index contributed by atoms with van der Waals surface area (Å²) in [7, 11) is 0. The molecule has 1 saturated heterocycles. The largest absolute Gasteiger partial charge is 0.326 e. The molecule has 0 saturated carbocycles. The number of aryl methyl sites for hydroxylation is 3. The number of para-hydroxylation sites is 1. The molecule has 0 unspecified atom stereocenters. The third-order valence-electron chi connectivity index (χ3n) is 4.54. The number of hydrogen-bond acceptors (Lipinski definition) is 2. The number of benzene rings is 2. The van der Waals surface area contributed by atoms with Crippen molar-refractivity contribution in [3.05, 3.63) is 59.2 Å². The summed E-state index contributed by atoms with van der Waals surface area (Å²) >= 11 is 0. The molecule has 0 aliphatic carbocycles. The summed E-state index contributed by atoms with van der Waals surface area (Å²) in [5.74, 6) is -0.408. The predicted octanol–water partition coefficient (Wildman–Crippen LogP) is 3.60. The SMILES string of the molecule is Cc1ccc(NC(=O)[C@H]2CC(=O)N(c3ccccc3C)C2)c(C)c1. The van der Waals surface area contributed by atoms with Crippen LogP contribution in [0.4, 0.5) is 11.4 Å². The van der Waals surface area contributed by atoms with E-state index in [-0.39, 0.29) is 24.2 Å². The molecule has 4 heteroatoms. The molecular formula is C20H22N2O2. The van der Waals surface area contributed by atoms with Crippen molar-refractivity contribution in [1.82, 2.24) is 0 Å². The smallest absolute Gasteiger partial charge is 0.229 e. The van der Waals surface area contributed by atoms with Crippen LogP contribution in [0.2, 0.25) is 0 Å². The number of amides is 2. The molecule has 2 aromatic rings. The highest BCUT2D eigenvalue weighted by Crippen LogP contribution is 2.28. The van der Waals surface area contributed by atoms with Crippen LogP contribution in [0, 0.1) is 26.7 Å². The van der Waals surface area contributed by atoms with Gasteiger partial charge in [-0.1, -0.05) is 35.9 Å². The van der Waals surface area contributed by atoms with Crippen molar-refractivity contribution in [1.29, 1.82) is 0 Å². The van der Waals surface area contributed by atoms with Crippen LogP contribution in [0.15, 0.2) is 42.5 Å². The van der Waals surface area contributed by atoms with Gasteiger partial charge in [0.05, 0.1) is 5.92 Å². The minimum atomic E-state index is -0.321. The first kappa shape index (κ1) is 16.2. The molecule has 1 N–H and O–H groups in total. The van der Waals surface area contributed by atoms with Crippen molar-refractivity contribution in [3.63, 3.8) is 0 Å². The van der Waals surface area contributed by atoms with E-state index in [1.54, 1.807) is 4.90 Å². The quantitative estimate of drug-likeness (QED) is 0.938. The van der Waals surface area contributed by atoms with Gasteiger partial charge in [0.15, 0.2) is 0 Å². The van der Waals surface area contributed by atoms with Crippen LogP contribution < -0.4 is 10.2 Å². The van der Waals surface area contributed by atoms with E-state index in [0.717, 1.165) is 28.1 Å². The highest BCUT2D eigenvalue weighted by molar-refractivity contribution is 6.04. The summed E-state index contributed by atoms with van der Waals surface area (Å²) in [6.07, 6.45) is 0.255. The average molecular weight is 322 g/mol. The van der Waals surface area contributed by atoms with Crippen molar-refractivity contribution in [2.45, 2.75) is 27.2 Å². The maximum Gasteiger partial charge on any atom is 0.229 e. The summed E-state index contributed by atoms with van der Waals surface area (Å²) in [5.41, 5.74) is 4.94. The minimum Gasteiger partial charge on any atom is -0.326 e. The molecule has 2 amide bonds. The number of carbonyl (C=O) groups excluding carboxylic acids is 2. The van der Waals surface area contributed by atoms with Crippen molar-refractivity contribution in [2.75, 3.05) is 16.8 Å². The number of nitrogens with zero attached hydrogens (tertiary/aromatic N) is 1. The van der Waals surface area contributed by atoms with Crippen LogP contribution in [-0.4, -0.2) is 18.4 Å². The second-order valence-electron chi connectivity index (χ2n) is 6.50. The van der Waals surface area contributed by atoms with E-state index in [2.05, 4.69) is 5.32 Å². The molecule has 124 valence electrons. The molecule has 0 radical (unpaired) electrons. The van der Waals surface area contributed by atoms with Gasteiger partial charge < -0.3 is 10.2 Å².